The highest BCUT2D eigenvalue weighted by Gasteiger charge is 2.36. The zero-order chi connectivity index (χ0) is 21.8. The monoisotopic (exact) mass is 430 g/mol. The van der Waals surface area contributed by atoms with Crippen molar-refractivity contribution in [2.75, 3.05) is 31.1 Å². The molecule has 1 N–H and O–H groups in total. The zero-order valence-electron chi connectivity index (χ0n) is 17.9. The van der Waals surface area contributed by atoms with Crippen LogP contribution in [0.4, 0.5) is 5.82 Å². The number of aromatic nitrogens is 2. The van der Waals surface area contributed by atoms with Gasteiger partial charge >= 0.3 is 0 Å². The second-order valence-corrected chi connectivity index (χ2v) is 9.35. The fraction of sp³-hybridized carbons (Fsp3) is 0.400. The molecule has 1 aromatic carbocycles. The summed E-state index contributed by atoms with van der Waals surface area (Å²) >= 11 is 0. The average Bonchev–Trinajstić information content (AvgIpc) is 3.25. The SMILES string of the molecule is O=C(c1ccc2n(c1=O)C[C@H]1C[C@@H]2CN(c2ccc3ccccc3n2)C1)N1CC[C@@H](O)C1. The molecule has 7 nitrogen and oxygen atoms in total. The van der Waals surface area contributed by atoms with Gasteiger partial charge < -0.3 is 19.5 Å². The Hall–Kier alpha value is -3.19. The molecular weight excluding hydrogens is 404 g/mol. The maximum absolute atomic E-state index is 13.2. The largest absolute Gasteiger partial charge is 0.391 e. The molecule has 1 amide bonds. The van der Waals surface area contributed by atoms with Gasteiger partial charge in [0.25, 0.3) is 11.5 Å². The first-order valence-corrected chi connectivity index (χ1v) is 11.4. The number of anilines is 1. The number of carbonyl (C=O) groups is 1. The number of hydrogen-bond acceptors (Lipinski definition) is 5. The second-order valence-electron chi connectivity index (χ2n) is 9.35. The lowest BCUT2D eigenvalue weighted by Crippen LogP contribution is -2.48. The summed E-state index contributed by atoms with van der Waals surface area (Å²) in [4.78, 5) is 34.9. The standard InChI is InChI=1S/C25H26N4O3/c30-19-9-10-27(15-19)24(31)20-6-7-22-18-11-16(13-29(22)25(20)32)12-28(14-18)23-8-5-17-3-1-2-4-21(17)26-23/h1-8,16,18-19,30H,9-15H2/t16-,18+,19+/m0/s1. The predicted molar refractivity (Wildman–Crippen MR) is 122 cm³/mol. The van der Waals surface area contributed by atoms with Crippen LogP contribution in [0.3, 0.4) is 0 Å². The number of amides is 1. The van der Waals surface area contributed by atoms with Crippen LogP contribution in [-0.4, -0.2) is 57.7 Å². The molecule has 0 radical (unpaired) electrons. The third-order valence-corrected chi connectivity index (χ3v) is 7.19. The molecule has 2 aromatic heterocycles. The third-order valence-electron chi connectivity index (χ3n) is 7.19. The summed E-state index contributed by atoms with van der Waals surface area (Å²) in [7, 11) is 0. The van der Waals surface area contributed by atoms with E-state index < -0.39 is 6.10 Å². The van der Waals surface area contributed by atoms with E-state index in [-0.39, 0.29) is 22.9 Å². The molecule has 3 aromatic rings. The van der Waals surface area contributed by atoms with Crippen LogP contribution < -0.4 is 10.5 Å². The minimum Gasteiger partial charge on any atom is -0.391 e. The normalized spacial score (nSPS) is 24.6. The quantitative estimate of drug-likeness (QED) is 0.675. The molecule has 0 unspecified atom stereocenters. The lowest BCUT2D eigenvalue weighted by Gasteiger charge is -2.43. The van der Waals surface area contributed by atoms with Crippen LogP contribution in [0.1, 0.15) is 34.8 Å². The fourth-order valence-electron chi connectivity index (χ4n) is 5.62. The van der Waals surface area contributed by atoms with Gasteiger partial charge in [0.15, 0.2) is 0 Å². The molecule has 6 rings (SSSR count). The highest BCUT2D eigenvalue weighted by molar-refractivity contribution is 5.94. The predicted octanol–water partition coefficient (Wildman–Crippen LogP) is 2.23. The molecule has 0 aliphatic carbocycles. The van der Waals surface area contributed by atoms with E-state index in [1.807, 2.05) is 28.8 Å². The number of β-amino-alcohol motifs (C(OH)–C–C–N with tert-alkyl or cyclic N) is 1. The van der Waals surface area contributed by atoms with E-state index >= 15 is 0 Å². The Morgan fingerprint density at radius 1 is 1.00 bits per heavy atom. The maximum atomic E-state index is 13.2. The van der Waals surface area contributed by atoms with Gasteiger partial charge in [0.05, 0.1) is 11.6 Å². The number of aliphatic hydroxyl groups is 1. The summed E-state index contributed by atoms with van der Waals surface area (Å²) < 4.78 is 1.82. The molecule has 3 aliphatic heterocycles. The minimum absolute atomic E-state index is 0.194. The first-order chi connectivity index (χ1) is 15.6. The number of rotatable bonds is 2. The number of nitrogens with zero attached hydrogens (tertiary/aromatic N) is 4. The number of piperidine rings is 1. The van der Waals surface area contributed by atoms with E-state index in [0.717, 1.165) is 41.9 Å². The number of benzene rings is 1. The fourth-order valence-corrected chi connectivity index (χ4v) is 5.62. The Bertz CT molecular complexity index is 1270. The Labute approximate surface area is 185 Å². The Kier molecular flexibility index (Phi) is 4.54. The maximum Gasteiger partial charge on any atom is 0.263 e. The van der Waals surface area contributed by atoms with E-state index in [2.05, 4.69) is 23.1 Å². The smallest absolute Gasteiger partial charge is 0.263 e. The number of pyridine rings is 2. The van der Waals surface area contributed by atoms with Gasteiger partial charge in [-0.2, -0.15) is 0 Å². The number of carbonyl (C=O) groups excluding carboxylic acids is 1. The van der Waals surface area contributed by atoms with Crippen molar-refractivity contribution >= 4 is 22.6 Å². The first-order valence-electron chi connectivity index (χ1n) is 11.4. The number of fused-ring (bicyclic) bond motifs is 5. The van der Waals surface area contributed by atoms with Crippen molar-refractivity contribution in [1.29, 1.82) is 0 Å². The van der Waals surface area contributed by atoms with Crippen LogP contribution in [0.25, 0.3) is 10.9 Å². The average molecular weight is 431 g/mol. The number of likely N-dealkylation sites (tertiary alicyclic amines) is 1. The van der Waals surface area contributed by atoms with E-state index in [4.69, 9.17) is 4.98 Å². The number of hydrogen-bond donors (Lipinski definition) is 1. The lowest BCUT2D eigenvalue weighted by molar-refractivity contribution is 0.0762. The molecule has 0 saturated carbocycles. The van der Waals surface area contributed by atoms with E-state index in [9.17, 15) is 14.7 Å². The van der Waals surface area contributed by atoms with E-state index in [0.29, 0.717) is 32.0 Å². The molecule has 32 heavy (non-hydrogen) atoms. The van der Waals surface area contributed by atoms with Crippen molar-refractivity contribution < 1.29 is 9.90 Å². The number of aliphatic hydroxyl groups excluding tert-OH is 1. The van der Waals surface area contributed by atoms with E-state index in [1.54, 1.807) is 11.0 Å². The molecule has 164 valence electrons. The molecule has 2 fully saturated rings. The van der Waals surface area contributed by atoms with Gasteiger partial charge in [-0.25, -0.2) is 4.98 Å². The Morgan fingerprint density at radius 3 is 2.72 bits per heavy atom. The van der Waals surface area contributed by atoms with Crippen LogP contribution in [0.2, 0.25) is 0 Å². The third kappa shape index (κ3) is 3.19. The van der Waals surface area contributed by atoms with E-state index in [1.165, 1.54) is 0 Å². The van der Waals surface area contributed by atoms with Crippen LogP contribution >= 0.6 is 0 Å². The summed E-state index contributed by atoms with van der Waals surface area (Å²) in [5, 5.41) is 10.9. The topological polar surface area (TPSA) is 78.7 Å². The van der Waals surface area contributed by atoms with Crippen LogP contribution in [0, 0.1) is 5.92 Å². The van der Waals surface area contributed by atoms with Crippen LogP contribution in [-0.2, 0) is 6.54 Å². The van der Waals surface area contributed by atoms with Gasteiger partial charge in [-0.3, -0.25) is 9.59 Å². The number of para-hydroxylation sites is 1. The highest BCUT2D eigenvalue weighted by Crippen LogP contribution is 2.37. The van der Waals surface area contributed by atoms with Crippen molar-refractivity contribution in [2.24, 2.45) is 5.92 Å². The highest BCUT2D eigenvalue weighted by atomic mass is 16.3. The Balaban J connectivity index is 1.29. The van der Waals surface area contributed by atoms with Gasteiger partial charge in [-0.05, 0) is 49.1 Å². The molecule has 5 heterocycles. The summed E-state index contributed by atoms with van der Waals surface area (Å²) in [6.45, 7) is 3.09. The van der Waals surface area contributed by atoms with Crippen LogP contribution in [0.5, 0.6) is 0 Å². The molecule has 0 spiro atoms. The van der Waals surface area contributed by atoms with Crippen molar-refractivity contribution in [1.82, 2.24) is 14.5 Å². The van der Waals surface area contributed by atoms with Crippen molar-refractivity contribution in [2.45, 2.75) is 31.4 Å². The molecule has 3 aliphatic rings. The van der Waals surface area contributed by atoms with Crippen molar-refractivity contribution in [3.8, 4) is 0 Å². The molecule has 3 atom stereocenters. The lowest BCUT2D eigenvalue weighted by atomic mass is 9.83. The zero-order valence-corrected chi connectivity index (χ0v) is 17.9. The van der Waals surface area contributed by atoms with Gasteiger partial charge in [-0.1, -0.05) is 18.2 Å². The summed E-state index contributed by atoms with van der Waals surface area (Å²) in [6.07, 6.45) is 1.13. The second kappa shape index (κ2) is 7.45. The summed E-state index contributed by atoms with van der Waals surface area (Å²) in [5.74, 6) is 1.29. The van der Waals surface area contributed by atoms with Crippen molar-refractivity contribution in [3.63, 3.8) is 0 Å². The minimum atomic E-state index is -0.492. The molecule has 7 heteroatoms. The van der Waals surface area contributed by atoms with Gasteiger partial charge in [-0.15, -0.1) is 0 Å². The molecule has 2 saturated heterocycles. The molecular formula is C25H26N4O3. The van der Waals surface area contributed by atoms with Crippen LogP contribution in [0.15, 0.2) is 53.3 Å². The van der Waals surface area contributed by atoms with Gasteiger partial charge in [0.2, 0.25) is 0 Å². The Morgan fingerprint density at radius 2 is 1.88 bits per heavy atom. The summed E-state index contributed by atoms with van der Waals surface area (Å²) in [5.41, 5.74) is 2.03. The van der Waals surface area contributed by atoms with Gasteiger partial charge in [0.1, 0.15) is 11.4 Å². The first kappa shape index (κ1) is 19.5. The van der Waals surface area contributed by atoms with Gasteiger partial charge in [0, 0.05) is 49.7 Å². The summed E-state index contributed by atoms with van der Waals surface area (Å²) in [6, 6.07) is 16.0. The van der Waals surface area contributed by atoms with Crippen molar-refractivity contribution in [3.05, 3.63) is 70.1 Å². The molecule has 2 bridgehead atoms.